The molecule has 2 rings (SSSR count). The van der Waals surface area contributed by atoms with Crippen molar-refractivity contribution >= 4 is 17.8 Å². The van der Waals surface area contributed by atoms with Gasteiger partial charge in [-0.05, 0) is 38.2 Å². The largest absolute Gasteiger partial charge is 0.480 e. The number of carboxylic acids is 1. The fourth-order valence-corrected chi connectivity index (χ4v) is 3.23. The molecule has 2 N–H and O–H groups in total. The van der Waals surface area contributed by atoms with Crippen LogP contribution in [0.3, 0.4) is 0 Å². The molecule has 1 atom stereocenters. The van der Waals surface area contributed by atoms with E-state index in [1.54, 1.807) is 17.1 Å². The fraction of sp³-hybridized carbons (Fsp3) is 0.476. The molecule has 0 bridgehead atoms. The molecule has 146 valence electrons. The second kappa shape index (κ2) is 10.5. The third-order valence-corrected chi connectivity index (χ3v) is 4.91. The van der Waals surface area contributed by atoms with Crippen LogP contribution in [0.1, 0.15) is 38.2 Å². The average Bonchev–Trinajstić information content (AvgIpc) is 2.69. The Morgan fingerprint density at radius 2 is 1.89 bits per heavy atom. The first kappa shape index (κ1) is 20.7. The van der Waals surface area contributed by atoms with Crippen LogP contribution in [0.25, 0.3) is 0 Å². The summed E-state index contributed by atoms with van der Waals surface area (Å²) in [7, 11) is 0. The Morgan fingerprint density at radius 3 is 2.48 bits per heavy atom. The van der Waals surface area contributed by atoms with Crippen molar-refractivity contribution in [3.05, 3.63) is 48.0 Å². The molecule has 6 heteroatoms. The highest BCUT2D eigenvalue weighted by Crippen LogP contribution is 2.19. The number of carboxylic acid groups (broad SMARTS) is 1. The number of benzene rings is 1. The molecule has 1 heterocycles. The third kappa shape index (κ3) is 6.55. The monoisotopic (exact) mass is 372 g/mol. The van der Waals surface area contributed by atoms with E-state index in [9.17, 15) is 19.5 Å². The van der Waals surface area contributed by atoms with Gasteiger partial charge in [-0.15, -0.1) is 0 Å². The first-order valence-corrected chi connectivity index (χ1v) is 9.47. The molecule has 2 amide bonds. The second-order valence-electron chi connectivity index (χ2n) is 6.84. The normalized spacial score (nSPS) is 16.3. The van der Waals surface area contributed by atoms with E-state index >= 15 is 0 Å². The van der Waals surface area contributed by atoms with Gasteiger partial charge in [0.1, 0.15) is 6.04 Å². The molecule has 1 saturated heterocycles. The topological polar surface area (TPSA) is 86.7 Å². The molecule has 1 unspecified atom stereocenters. The Morgan fingerprint density at radius 1 is 1.22 bits per heavy atom. The minimum absolute atomic E-state index is 0.106. The minimum atomic E-state index is -1.03. The van der Waals surface area contributed by atoms with E-state index in [1.165, 1.54) is 0 Å². The SMILES string of the molecule is C/C=C/CC(NC(=O)C1CCN(C(=O)CCc2ccccc2)CC1)C(=O)O. The van der Waals surface area contributed by atoms with E-state index in [2.05, 4.69) is 5.32 Å². The molecule has 0 spiro atoms. The number of hydrogen-bond acceptors (Lipinski definition) is 3. The highest BCUT2D eigenvalue weighted by molar-refractivity contribution is 5.85. The van der Waals surface area contributed by atoms with Gasteiger partial charge in [0.15, 0.2) is 0 Å². The van der Waals surface area contributed by atoms with Crippen LogP contribution in [0, 0.1) is 5.92 Å². The molecule has 1 aliphatic rings. The molecular weight excluding hydrogens is 344 g/mol. The lowest BCUT2D eigenvalue weighted by Crippen LogP contribution is -2.47. The number of nitrogens with one attached hydrogen (secondary N) is 1. The summed E-state index contributed by atoms with van der Waals surface area (Å²) in [5.74, 6) is -1.40. The van der Waals surface area contributed by atoms with Gasteiger partial charge in [-0.3, -0.25) is 9.59 Å². The van der Waals surface area contributed by atoms with Crippen molar-refractivity contribution in [2.45, 2.75) is 45.1 Å². The third-order valence-electron chi connectivity index (χ3n) is 4.91. The molecule has 1 fully saturated rings. The minimum Gasteiger partial charge on any atom is -0.480 e. The standard InChI is InChI=1S/C21H28N2O4/c1-2-3-9-18(21(26)27)22-20(25)17-12-14-23(15-13-17)19(24)11-10-16-7-5-4-6-8-16/h2-8,17-18H,9-15H2,1H3,(H,22,25)(H,26,27)/b3-2+. The van der Waals surface area contributed by atoms with Crippen molar-refractivity contribution in [3.8, 4) is 0 Å². The van der Waals surface area contributed by atoms with Gasteiger partial charge in [0, 0.05) is 25.4 Å². The van der Waals surface area contributed by atoms with Crippen LogP contribution in [0.15, 0.2) is 42.5 Å². The van der Waals surface area contributed by atoms with Crippen molar-refractivity contribution in [3.63, 3.8) is 0 Å². The van der Waals surface area contributed by atoms with Gasteiger partial charge in [0.25, 0.3) is 0 Å². The number of aliphatic carboxylic acids is 1. The van der Waals surface area contributed by atoms with Gasteiger partial charge >= 0.3 is 5.97 Å². The number of hydrogen-bond donors (Lipinski definition) is 2. The van der Waals surface area contributed by atoms with Crippen LogP contribution in [0.2, 0.25) is 0 Å². The summed E-state index contributed by atoms with van der Waals surface area (Å²) in [6, 6.07) is 9.00. The van der Waals surface area contributed by atoms with E-state index in [4.69, 9.17) is 0 Å². The van der Waals surface area contributed by atoms with Crippen molar-refractivity contribution in [1.29, 1.82) is 0 Å². The predicted molar refractivity (Wildman–Crippen MR) is 103 cm³/mol. The molecular formula is C21H28N2O4. The lowest BCUT2D eigenvalue weighted by atomic mass is 9.95. The summed E-state index contributed by atoms with van der Waals surface area (Å²) in [5.41, 5.74) is 1.14. The number of nitrogens with zero attached hydrogens (tertiary/aromatic N) is 1. The maximum Gasteiger partial charge on any atom is 0.326 e. The number of rotatable bonds is 8. The smallest absolute Gasteiger partial charge is 0.326 e. The molecule has 0 saturated carbocycles. The Labute approximate surface area is 160 Å². The van der Waals surface area contributed by atoms with Crippen molar-refractivity contribution in [2.24, 2.45) is 5.92 Å². The summed E-state index contributed by atoms with van der Waals surface area (Å²) < 4.78 is 0. The average molecular weight is 372 g/mol. The Bertz CT molecular complexity index is 664. The number of amides is 2. The number of likely N-dealkylation sites (tertiary alicyclic amines) is 1. The van der Waals surface area contributed by atoms with Crippen molar-refractivity contribution in [2.75, 3.05) is 13.1 Å². The highest BCUT2D eigenvalue weighted by atomic mass is 16.4. The van der Waals surface area contributed by atoms with Crippen LogP contribution in [-0.4, -0.2) is 46.9 Å². The van der Waals surface area contributed by atoms with Gasteiger partial charge in [-0.1, -0.05) is 42.5 Å². The van der Waals surface area contributed by atoms with Crippen LogP contribution in [0.4, 0.5) is 0 Å². The Kier molecular flexibility index (Phi) is 8.04. The lowest BCUT2D eigenvalue weighted by Gasteiger charge is -2.32. The summed E-state index contributed by atoms with van der Waals surface area (Å²) in [4.78, 5) is 37.8. The molecule has 1 aliphatic heterocycles. The molecule has 1 aromatic carbocycles. The molecule has 27 heavy (non-hydrogen) atoms. The van der Waals surface area contributed by atoms with Gasteiger partial charge in [-0.25, -0.2) is 4.79 Å². The van der Waals surface area contributed by atoms with Gasteiger partial charge < -0.3 is 15.3 Å². The van der Waals surface area contributed by atoms with E-state index in [0.717, 1.165) is 5.56 Å². The van der Waals surface area contributed by atoms with E-state index < -0.39 is 12.0 Å². The summed E-state index contributed by atoms with van der Waals surface area (Å²) in [6.07, 6.45) is 6.08. The van der Waals surface area contributed by atoms with Crippen molar-refractivity contribution < 1.29 is 19.5 Å². The number of carbonyl (C=O) groups is 3. The summed E-state index contributed by atoms with van der Waals surface area (Å²) in [6.45, 7) is 2.89. The zero-order valence-corrected chi connectivity index (χ0v) is 15.8. The number of carbonyl (C=O) groups excluding carboxylic acids is 2. The molecule has 0 aromatic heterocycles. The lowest BCUT2D eigenvalue weighted by molar-refractivity contribution is -0.143. The first-order chi connectivity index (χ1) is 13.0. The molecule has 6 nitrogen and oxygen atoms in total. The molecule has 0 aliphatic carbocycles. The maximum absolute atomic E-state index is 12.4. The van der Waals surface area contributed by atoms with Crippen molar-refractivity contribution in [1.82, 2.24) is 10.2 Å². The molecule has 1 aromatic rings. The quantitative estimate of drug-likeness (QED) is 0.686. The van der Waals surface area contributed by atoms with Gasteiger partial charge in [-0.2, -0.15) is 0 Å². The zero-order valence-electron chi connectivity index (χ0n) is 15.8. The number of allylic oxidation sites excluding steroid dienone is 1. The maximum atomic E-state index is 12.4. The Balaban J connectivity index is 1.77. The first-order valence-electron chi connectivity index (χ1n) is 9.47. The highest BCUT2D eigenvalue weighted by Gasteiger charge is 2.29. The fourth-order valence-electron chi connectivity index (χ4n) is 3.23. The summed E-state index contributed by atoms with van der Waals surface area (Å²) in [5, 5.41) is 11.8. The van der Waals surface area contributed by atoms with E-state index in [0.29, 0.717) is 38.8 Å². The Hall–Kier alpha value is -2.63. The van der Waals surface area contributed by atoms with Gasteiger partial charge in [0.2, 0.25) is 11.8 Å². The molecule has 0 radical (unpaired) electrons. The number of piperidine rings is 1. The zero-order chi connectivity index (χ0) is 19.6. The summed E-state index contributed by atoms with van der Waals surface area (Å²) >= 11 is 0. The van der Waals surface area contributed by atoms with Crippen LogP contribution < -0.4 is 5.32 Å². The van der Waals surface area contributed by atoms with E-state index in [-0.39, 0.29) is 24.2 Å². The van der Waals surface area contributed by atoms with Crippen LogP contribution >= 0.6 is 0 Å². The van der Waals surface area contributed by atoms with E-state index in [1.807, 2.05) is 37.3 Å². The second-order valence-corrected chi connectivity index (χ2v) is 6.84. The predicted octanol–water partition coefficient (Wildman–Crippen LogP) is 2.39. The number of aryl methyl sites for hydroxylation is 1. The van der Waals surface area contributed by atoms with Gasteiger partial charge in [0.05, 0.1) is 0 Å². The van der Waals surface area contributed by atoms with Crippen LogP contribution in [-0.2, 0) is 20.8 Å². The van der Waals surface area contributed by atoms with Crippen LogP contribution in [0.5, 0.6) is 0 Å².